The maximum Gasteiger partial charge on any atom is 0.307 e. The standard InChI is InChI=1S/C18H18ClFN2O3S.C12H15NO4S/c19-16-9-8-14(11-17(16)20)21-18(23)13-5-4-10-22(12-13)26(24,25)15-6-2-1-3-7-15;14-12(15)10-5-4-8-13(9-10)18(16,17)11-6-2-1-3-7-11/h1-3,6-9,11,13H,4-5,10,12H2,(H,21,23);1-3,6-7,10H,4-5,8-9H2,(H,14,15)/t13-;10-/m00/s1. The van der Waals surface area contributed by atoms with Crippen molar-refractivity contribution >= 4 is 49.2 Å². The lowest BCUT2D eigenvalue weighted by atomic mass is 9.99. The molecule has 0 aromatic heterocycles. The molecule has 2 aliphatic rings. The number of carbonyl (C=O) groups is 2. The molecular formula is C30H33ClFN3O7S2. The van der Waals surface area contributed by atoms with Gasteiger partial charge in [0.1, 0.15) is 5.82 Å². The molecule has 2 heterocycles. The number of hydrogen-bond acceptors (Lipinski definition) is 6. The molecule has 3 aromatic rings. The molecule has 0 radical (unpaired) electrons. The van der Waals surface area contributed by atoms with Gasteiger partial charge in [-0.3, -0.25) is 9.59 Å². The first-order chi connectivity index (χ1) is 20.9. The molecule has 10 nitrogen and oxygen atoms in total. The van der Waals surface area contributed by atoms with Crippen molar-refractivity contribution in [1.29, 1.82) is 0 Å². The maximum atomic E-state index is 13.5. The van der Waals surface area contributed by atoms with Crippen LogP contribution in [0, 0.1) is 17.7 Å². The van der Waals surface area contributed by atoms with E-state index in [1.54, 1.807) is 36.4 Å². The van der Waals surface area contributed by atoms with Crippen LogP contribution in [0.1, 0.15) is 25.7 Å². The first kappa shape index (κ1) is 33.5. The van der Waals surface area contributed by atoms with E-state index in [0.29, 0.717) is 44.5 Å². The largest absolute Gasteiger partial charge is 0.481 e. The number of nitrogens with zero attached hydrogens (tertiary/aromatic N) is 2. The van der Waals surface area contributed by atoms with E-state index in [1.165, 1.54) is 45.0 Å². The predicted molar refractivity (Wildman–Crippen MR) is 164 cm³/mol. The molecule has 0 unspecified atom stereocenters. The van der Waals surface area contributed by atoms with E-state index >= 15 is 0 Å². The summed E-state index contributed by atoms with van der Waals surface area (Å²) in [6, 6.07) is 20.3. The number of carbonyl (C=O) groups excluding carboxylic acids is 1. The second-order valence-corrected chi connectivity index (χ2v) is 14.8. The summed E-state index contributed by atoms with van der Waals surface area (Å²) >= 11 is 5.63. The van der Waals surface area contributed by atoms with Gasteiger partial charge in [0.2, 0.25) is 26.0 Å². The topological polar surface area (TPSA) is 141 Å². The third-order valence-electron chi connectivity index (χ3n) is 7.44. The van der Waals surface area contributed by atoms with Gasteiger partial charge in [0.05, 0.1) is 26.6 Å². The van der Waals surface area contributed by atoms with E-state index in [9.17, 15) is 30.8 Å². The van der Waals surface area contributed by atoms with Crippen LogP contribution in [0.2, 0.25) is 5.02 Å². The first-order valence-corrected chi connectivity index (χ1v) is 17.2. The number of hydrogen-bond donors (Lipinski definition) is 2. The number of anilines is 1. The lowest BCUT2D eigenvalue weighted by molar-refractivity contribution is -0.142. The van der Waals surface area contributed by atoms with Crippen molar-refractivity contribution in [3.63, 3.8) is 0 Å². The Kier molecular flexibility index (Phi) is 11.1. The van der Waals surface area contributed by atoms with E-state index < -0.39 is 43.7 Å². The van der Waals surface area contributed by atoms with Crippen LogP contribution in [-0.4, -0.2) is 68.6 Å². The molecule has 2 atom stereocenters. The zero-order chi connectivity index (χ0) is 31.9. The number of nitrogens with one attached hydrogen (secondary N) is 1. The third-order valence-corrected chi connectivity index (χ3v) is 11.5. The van der Waals surface area contributed by atoms with Crippen LogP contribution in [0.3, 0.4) is 0 Å². The van der Waals surface area contributed by atoms with Gasteiger partial charge in [-0.1, -0.05) is 48.0 Å². The number of piperidine rings is 2. The number of sulfonamides is 2. The summed E-state index contributed by atoms with van der Waals surface area (Å²) < 4.78 is 66.1. The smallest absolute Gasteiger partial charge is 0.307 e. The van der Waals surface area contributed by atoms with Gasteiger partial charge in [0.25, 0.3) is 0 Å². The number of carboxylic acids is 1. The zero-order valence-electron chi connectivity index (χ0n) is 23.7. The van der Waals surface area contributed by atoms with Crippen molar-refractivity contribution in [1.82, 2.24) is 8.61 Å². The SMILES string of the molecule is O=C(Nc1ccc(Cl)c(F)c1)[C@H]1CCCN(S(=O)(=O)c2ccccc2)C1.O=C(O)[C@H]1CCCN(S(=O)(=O)c2ccccc2)C1. The third kappa shape index (κ3) is 8.21. The van der Waals surface area contributed by atoms with Crippen LogP contribution in [0.15, 0.2) is 88.7 Å². The zero-order valence-corrected chi connectivity index (χ0v) is 26.1. The van der Waals surface area contributed by atoms with Crippen LogP contribution >= 0.6 is 11.6 Å². The molecule has 0 spiro atoms. The Hall–Kier alpha value is -3.36. The van der Waals surface area contributed by atoms with Crippen molar-refractivity contribution in [2.45, 2.75) is 35.5 Å². The van der Waals surface area contributed by atoms with Gasteiger partial charge < -0.3 is 10.4 Å². The molecule has 5 rings (SSSR count). The molecule has 44 heavy (non-hydrogen) atoms. The summed E-state index contributed by atoms with van der Waals surface area (Å²) in [6.45, 7) is 0.920. The van der Waals surface area contributed by atoms with Crippen LogP contribution in [0.4, 0.5) is 10.1 Å². The molecule has 14 heteroatoms. The highest BCUT2D eigenvalue weighted by atomic mass is 35.5. The monoisotopic (exact) mass is 665 g/mol. The molecule has 2 N–H and O–H groups in total. The van der Waals surface area contributed by atoms with Crippen molar-refractivity contribution in [2.75, 3.05) is 31.5 Å². The van der Waals surface area contributed by atoms with Crippen molar-refractivity contribution in [3.05, 3.63) is 89.7 Å². The fourth-order valence-electron chi connectivity index (χ4n) is 5.04. The summed E-state index contributed by atoms with van der Waals surface area (Å²) in [7, 11) is -7.20. The Balaban J connectivity index is 0.000000215. The summed E-state index contributed by atoms with van der Waals surface area (Å²) in [5, 5.41) is 11.6. The molecule has 1 amide bonds. The minimum absolute atomic E-state index is 0.0270. The van der Waals surface area contributed by atoms with Crippen molar-refractivity contribution in [3.8, 4) is 0 Å². The molecule has 2 fully saturated rings. The van der Waals surface area contributed by atoms with Gasteiger partial charge in [0, 0.05) is 31.9 Å². The quantitative estimate of drug-likeness (QED) is 0.373. The summed E-state index contributed by atoms with van der Waals surface area (Å²) in [5.41, 5.74) is 0.292. The normalized spacial score (nSPS) is 19.8. The van der Waals surface area contributed by atoms with Gasteiger partial charge in [-0.2, -0.15) is 8.61 Å². The van der Waals surface area contributed by atoms with Crippen LogP contribution in [-0.2, 0) is 29.6 Å². The fraction of sp³-hybridized carbons (Fsp3) is 0.333. The molecule has 3 aromatic carbocycles. The highest BCUT2D eigenvalue weighted by molar-refractivity contribution is 7.89. The minimum Gasteiger partial charge on any atom is -0.481 e. The molecule has 0 bridgehead atoms. The molecular weight excluding hydrogens is 633 g/mol. The highest BCUT2D eigenvalue weighted by Crippen LogP contribution is 2.26. The molecule has 2 saturated heterocycles. The Morgan fingerprint density at radius 1 is 0.773 bits per heavy atom. The van der Waals surface area contributed by atoms with Crippen LogP contribution in [0.25, 0.3) is 0 Å². The number of halogens is 2. The second kappa shape index (κ2) is 14.6. The number of carboxylic acid groups (broad SMARTS) is 1. The van der Waals surface area contributed by atoms with Gasteiger partial charge in [-0.15, -0.1) is 0 Å². The van der Waals surface area contributed by atoms with E-state index in [2.05, 4.69) is 5.32 Å². The number of aliphatic carboxylic acids is 1. The average molecular weight is 666 g/mol. The summed E-state index contributed by atoms with van der Waals surface area (Å²) in [6.07, 6.45) is 2.28. The van der Waals surface area contributed by atoms with Gasteiger partial charge in [0.15, 0.2) is 0 Å². The summed E-state index contributed by atoms with van der Waals surface area (Å²) in [5.74, 6) is -2.98. The van der Waals surface area contributed by atoms with E-state index in [-0.39, 0.29) is 33.8 Å². The second-order valence-electron chi connectivity index (χ2n) is 10.5. The van der Waals surface area contributed by atoms with Crippen molar-refractivity contribution < 1.29 is 35.9 Å². The Morgan fingerprint density at radius 3 is 1.73 bits per heavy atom. The maximum absolute atomic E-state index is 13.5. The fourth-order valence-corrected chi connectivity index (χ4v) is 8.25. The number of benzene rings is 3. The molecule has 0 saturated carbocycles. The van der Waals surface area contributed by atoms with E-state index in [1.807, 2.05) is 0 Å². The van der Waals surface area contributed by atoms with E-state index in [4.69, 9.17) is 16.7 Å². The predicted octanol–water partition coefficient (Wildman–Crippen LogP) is 4.69. The molecule has 0 aliphatic carbocycles. The first-order valence-electron chi connectivity index (χ1n) is 14.0. The van der Waals surface area contributed by atoms with Gasteiger partial charge >= 0.3 is 5.97 Å². The number of rotatable bonds is 7. The van der Waals surface area contributed by atoms with Crippen LogP contribution in [0.5, 0.6) is 0 Å². The Bertz CT molecular complexity index is 1680. The van der Waals surface area contributed by atoms with E-state index in [0.717, 1.165) is 6.07 Å². The lowest BCUT2D eigenvalue weighted by Gasteiger charge is -2.31. The highest BCUT2D eigenvalue weighted by Gasteiger charge is 2.34. The van der Waals surface area contributed by atoms with Crippen LogP contribution < -0.4 is 5.32 Å². The lowest BCUT2D eigenvalue weighted by Crippen LogP contribution is -2.43. The minimum atomic E-state index is -3.64. The summed E-state index contributed by atoms with van der Waals surface area (Å²) in [4.78, 5) is 23.9. The Labute approximate surface area is 261 Å². The Morgan fingerprint density at radius 2 is 1.25 bits per heavy atom. The van der Waals surface area contributed by atoms with Gasteiger partial charge in [-0.05, 0) is 68.1 Å². The molecule has 236 valence electrons. The average Bonchev–Trinajstić information content (AvgIpc) is 3.04. The van der Waals surface area contributed by atoms with Gasteiger partial charge in [-0.25, -0.2) is 21.2 Å². The molecule has 2 aliphatic heterocycles. The van der Waals surface area contributed by atoms with Crippen molar-refractivity contribution in [2.24, 2.45) is 11.8 Å². The number of amides is 1.